The summed E-state index contributed by atoms with van der Waals surface area (Å²) in [5.74, 6) is -0.0149. The van der Waals surface area contributed by atoms with Crippen LogP contribution in [0.5, 0.6) is 0 Å². The SMILES string of the molecule is C[C@H](CCO)NC(=O)c1ncoc1-c1ccccc1Cl. The average Bonchev–Trinajstić information content (AvgIpc) is 2.88. The lowest BCUT2D eigenvalue weighted by molar-refractivity contribution is 0.0930. The van der Waals surface area contributed by atoms with Crippen LogP contribution in [0.4, 0.5) is 0 Å². The summed E-state index contributed by atoms with van der Waals surface area (Å²) in [6, 6.07) is 6.93. The Morgan fingerprint density at radius 3 is 2.95 bits per heavy atom. The van der Waals surface area contributed by atoms with Gasteiger partial charge in [0.25, 0.3) is 5.91 Å². The van der Waals surface area contributed by atoms with Crippen molar-refractivity contribution in [3.05, 3.63) is 41.4 Å². The fourth-order valence-electron chi connectivity index (χ4n) is 1.80. The molecule has 1 atom stereocenters. The van der Waals surface area contributed by atoms with Gasteiger partial charge >= 0.3 is 0 Å². The molecule has 20 heavy (non-hydrogen) atoms. The van der Waals surface area contributed by atoms with Crippen LogP contribution in [-0.4, -0.2) is 28.6 Å². The molecule has 0 spiro atoms. The Hall–Kier alpha value is -1.85. The highest BCUT2D eigenvalue weighted by atomic mass is 35.5. The molecule has 2 N–H and O–H groups in total. The van der Waals surface area contributed by atoms with Gasteiger partial charge in [-0.05, 0) is 25.5 Å². The summed E-state index contributed by atoms with van der Waals surface area (Å²) in [5, 5.41) is 12.1. The Morgan fingerprint density at radius 1 is 1.50 bits per heavy atom. The molecule has 1 aromatic carbocycles. The van der Waals surface area contributed by atoms with E-state index in [1.54, 1.807) is 24.3 Å². The molecule has 5 nitrogen and oxygen atoms in total. The van der Waals surface area contributed by atoms with Crippen LogP contribution in [0.25, 0.3) is 11.3 Å². The van der Waals surface area contributed by atoms with Crippen molar-refractivity contribution in [3.63, 3.8) is 0 Å². The van der Waals surface area contributed by atoms with Crippen LogP contribution in [0.1, 0.15) is 23.8 Å². The minimum atomic E-state index is -0.352. The van der Waals surface area contributed by atoms with Gasteiger partial charge in [0.2, 0.25) is 0 Å². The summed E-state index contributed by atoms with van der Waals surface area (Å²) >= 11 is 6.10. The standard InChI is InChI=1S/C14H15ClN2O3/c1-9(6-7-18)17-14(19)12-13(20-8-16-12)10-4-2-3-5-11(10)15/h2-5,8-9,18H,6-7H2,1H3,(H,17,19)/t9-/m1/s1. The molecule has 0 aliphatic heterocycles. The molecule has 1 aromatic heterocycles. The second-order valence-corrected chi connectivity index (χ2v) is 4.80. The Bertz CT molecular complexity index is 598. The number of carbonyl (C=O) groups excluding carboxylic acids is 1. The number of hydrogen-bond donors (Lipinski definition) is 2. The highest BCUT2D eigenvalue weighted by molar-refractivity contribution is 6.33. The van der Waals surface area contributed by atoms with Crippen LogP contribution in [0.3, 0.4) is 0 Å². The lowest BCUT2D eigenvalue weighted by atomic mass is 10.1. The molecule has 1 amide bonds. The van der Waals surface area contributed by atoms with E-state index in [2.05, 4.69) is 10.3 Å². The molecule has 0 unspecified atom stereocenters. The second kappa shape index (κ2) is 6.54. The minimum absolute atomic E-state index is 0.0115. The Morgan fingerprint density at radius 2 is 2.25 bits per heavy atom. The maximum Gasteiger partial charge on any atom is 0.274 e. The molecule has 106 valence electrons. The number of rotatable bonds is 5. The molecule has 0 aliphatic carbocycles. The summed E-state index contributed by atoms with van der Waals surface area (Å²) in [6.45, 7) is 1.82. The number of amides is 1. The number of oxazole rings is 1. The highest BCUT2D eigenvalue weighted by Crippen LogP contribution is 2.29. The first-order valence-electron chi connectivity index (χ1n) is 6.23. The zero-order chi connectivity index (χ0) is 14.5. The lowest BCUT2D eigenvalue weighted by Gasteiger charge is -2.11. The molecule has 0 bridgehead atoms. The zero-order valence-electron chi connectivity index (χ0n) is 11.0. The van der Waals surface area contributed by atoms with Gasteiger partial charge in [-0.25, -0.2) is 4.98 Å². The number of hydrogen-bond acceptors (Lipinski definition) is 4. The minimum Gasteiger partial charge on any atom is -0.443 e. The highest BCUT2D eigenvalue weighted by Gasteiger charge is 2.20. The van der Waals surface area contributed by atoms with E-state index in [4.69, 9.17) is 21.1 Å². The molecule has 1 heterocycles. The van der Waals surface area contributed by atoms with Crippen molar-refractivity contribution < 1.29 is 14.3 Å². The number of benzene rings is 1. The number of nitrogens with zero attached hydrogens (tertiary/aromatic N) is 1. The molecular weight excluding hydrogens is 280 g/mol. The quantitative estimate of drug-likeness (QED) is 0.888. The monoisotopic (exact) mass is 294 g/mol. The number of nitrogens with one attached hydrogen (secondary N) is 1. The maximum absolute atomic E-state index is 12.1. The average molecular weight is 295 g/mol. The molecule has 0 saturated heterocycles. The van der Waals surface area contributed by atoms with Gasteiger partial charge in [-0.2, -0.15) is 0 Å². The molecule has 0 aliphatic rings. The van der Waals surface area contributed by atoms with Crippen molar-refractivity contribution in [1.82, 2.24) is 10.3 Å². The lowest BCUT2D eigenvalue weighted by Crippen LogP contribution is -2.33. The topological polar surface area (TPSA) is 75.4 Å². The predicted molar refractivity (Wildman–Crippen MR) is 75.6 cm³/mol. The molecule has 2 aromatic rings. The normalized spacial score (nSPS) is 12.2. The Kier molecular flexibility index (Phi) is 4.76. The summed E-state index contributed by atoms with van der Waals surface area (Å²) in [6.07, 6.45) is 1.69. The second-order valence-electron chi connectivity index (χ2n) is 4.40. The van der Waals surface area contributed by atoms with Crippen molar-refractivity contribution in [1.29, 1.82) is 0 Å². The van der Waals surface area contributed by atoms with Crippen LogP contribution in [0.15, 0.2) is 35.1 Å². The summed E-state index contributed by atoms with van der Waals surface area (Å²) in [4.78, 5) is 16.1. The number of aliphatic hydroxyl groups is 1. The zero-order valence-corrected chi connectivity index (χ0v) is 11.7. The largest absolute Gasteiger partial charge is 0.443 e. The van der Waals surface area contributed by atoms with E-state index < -0.39 is 0 Å². The van der Waals surface area contributed by atoms with Crippen molar-refractivity contribution >= 4 is 17.5 Å². The number of aliphatic hydroxyl groups excluding tert-OH is 1. The third-order valence-corrected chi connectivity index (χ3v) is 3.17. The van der Waals surface area contributed by atoms with Crippen molar-refractivity contribution in [2.45, 2.75) is 19.4 Å². The first kappa shape index (κ1) is 14.6. The van der Waals surface area contributed by atoms with Gasteiger partial charge in [0.15, 0.2) is 17.8 Å². The van der Waals surface area contributed by atoms with Crippen LogP contribution in [0.2, 0.25) is 5.02 Å². The van der Waals surface area contributed by atoms with Gasteiger partial charge in [0, 0.05) is 18.2 Å². The van der Waals surface area contributed by atoms with Gasteiger partial charge in [0.05, 0.1) is 5.02 Å². The van der Waals surface area contributed by atoms with E-state index in [0.29, 0.717) is 22.8 Å². The molecule has 6 heteroatoms. The number of halogens is 1. The first-order chi connectivity index (χ1) is 9.63. The van der Waals surface area contributed by atoms with Gasteiger partial charge in [-0.15, -0.1) is 0 Å². The molecule has 0 radical (unpaired) electrons. The van der Waals surface area contributed by atoms with Crippen LogP contribution in [-0.2, 0) is 0 Å². The van der Waals surface area contributed by atoms with E-state index in [9.17, 15) is 4.79 Å². The molecular formula is C14H15ClN2O3. The van der Waals surface area contributed by atoms with Gasteiger partial charge in [-0.3, -0.25) is 4.79 Å². The van der Waals surface area contributed by atoms with Gasteiger partial charge in [0.1, 0.15) is 0 Å². The van der Waals surface area contributed by atoms with E-state index in [1.807, 2.05) is 6.92 Å². The van der Waals surface area contributed by atoms with Gasteiger partial charge < -0.3 is 14.8 Å². The van der Waals surface area contributed by atoms with Crippen LogP contribution < -0.4 is 5.32 Å². The predicted octanol–water partition coefficient (Wildman–Crippen LogP) is 2.50. The van der Waals surface area contributed by atoms with Crippen LogP contribution >= 0.6 is 11.6 Å². The molecule has 0 fully saturated rings. The van der Waals surface area contributed by atoms with Crippen molar-refractivity contribution in [3.8, 4) is 11.3 Å². The molecule has 0 saturated carbocycles. The van der Waals surface area contributed by atoms with Crippen molar-refractivity contribution in [2.24, 2.45) is 0 Å². The van der Waals surface area contributed by atoms with E-state index in [-0.39, 0.29) is 24.2 Å². The van der Waals surface area contributed by atoms with Crippen molar-refractivity contribution in [2.75, 3.05) is 6.61 Å². The van der Waals surface area contributed by atoms with E-state index in [1.165, 1.54) is 6.39 Å². The number of carbonyl (C=O) groups is 1. The van der Waals surface area contributed by atoms with Crippen LogP contribution in [0, 0.1) is 0 Å². The summed E-state index contributed by atoms with van der Waals surface area (Å²) < 4.78 is 5.29. The van der Waals surface area contributed by atoms with Gasteiger partial charge in [-0.1, -0.05) is 23.7 Å². The summed E-state index contributed by atoms with van der Waals surface area (Å²) in [5.41, 5.74) is 0.800. The maximum atomic E-state index is 12.1. The Labute approximate surface area is 121 Å². The molecule has 2 rings (SSSR count). The third kappa shape index (κ3) is 3.18. The first-order valence-corrected chi connectivity index (χ1v) is 6.61. The smallest absolute Gasteiger partial charge is 0.274 e. The fourth-order valence-corrected chi connectivity index (χ4v) is 2.02. The fraction of sp³-hybridized carbons (Fsp3) is 0.286. The summed E-state index contributed by atoms with van der Waals surface area (Å²) in [7, 11) is 0. The third-order valence-electron chi connectivity index (χ3n) is 2.84. The number of aromatic nitrogens is 1. The Balaban J connectivity index is 2.25. The van der Waals surface area contributed by atoms with E-state index >= 15 is 0 Å². The van der Waals surface area contributed by atoms with E-state index in [0.717, 1.165) is 0 Å².